The Bertz CT molecular complexity index is 2480. The molecule has 0 radical (unpaired) electrons. The van der Waals surface area contributed by atoms with Crippen LogP contribution < -0.4 is 11.5 Å². The molecule has 0 aromatic heterocycles. The van der Waals surface area contributed by atoms with Gasteiger partial charge in [-0.15, -0.1) is 12.4 Å². The number of ketones is 4. The number of hydrogen-bond donors (Lipinski definition) is 12. The molecule has 14 N–H and O–H groups in total. The van der Waals surface area contributed by atoms with Gasteiger partial charge in [0.1, 0.15) is 45.7 Å². The second kappa shape index (κ2) is 15.5. The minimum absolute atomic E-state index is 0. The topological polar surface area (TPSA) is 363 Å². The molecule has 0 saturated carbocycles. The van der Waals surface area contributed by atoms with Gasteiger partial charge in [0.25, 0.3) is 11.8 Å². The highest BCUT2D eigenvalue weighted by atomic mass is 35.5. The molecule has 0 aliphatic heterocycles. The second-order valence-corrected chi connectivity index (χ2v) is 17.9. The fraction of sp³-hybridized carbons (Fsp3) is 0.409. The van der Waals surface area contributed by atoms with Gasteiger partial charge in [-0.2, -0.15) is 0 Å². The van der Waals surface area contributed by atoms with Crippen LogP contribution in [0.25, 0.3) is 0 Å². The Morgan fingerprint density at radius 1 is 0.585 bits per heavy atom. The summed E-state index contributed by atoms with van der Waals surface area (Å²) in [5, 5.41) is 110. The summed E-state index contributed by atoms with van der Waals surface area (Å²) in [6.07, 6.45) is -0.400. The molecule has 6 aliphatic rings. The van der Waals surface area contributed by atoms with Crippen molar-refractivity contribution < 1.29 is 79.8 Å². The normalized spacial score (nSPS) is 33.8. The molecule has 0 fully saturated rings. The zero-order chi connectivity index (χ0) is 47.8. The highest BCUT2D eigenvalue weighted by molar-refractivity contribution is 6.26. The van der Waals surface area contributed by atoms with Gasteiger partial charge in [-0.1, -0.05) is 24.3 Å². The monoisotopic (exact) mass is 924 g/mol. The number of hydrogen-bond acceptors (Lipinski definition) is 18. The predicted molar refractivity (Wildman–Crippen MR) is 226 cm³/mol. The molecule has 2 aromatic rings. The Morgan fingerprint density at radius 3 is 1.17 bits per heavy atom. The fourth-order valence-electron chi connectivity index (χ4n) is 11.0. The number of benzene rings is 2. The Hall–Kier alpha value is -6.13. The van der Waals surface area contributed by atoms with E-state index in [-0.39, 0.29) is 47.5 Å². The number of phenolic OH excluding ortho intramolecular Hbond substituents is 2. The SMILES string of the molecule is CN(C)[C@@H]1C(O)=C(C(N)=O)C(=O)[C@@]2(O)C(O)=C3C(=O)c4c(O)cccc4[C@@](C)(O)[C@H]3C[C@@H]12.CN(C)[C@@H]1C(O)=C(C(N)=O)C(=O)[C@@]2(O)C(O)=C3C(=O)c4c(O)cccc4[C@@](C)(O)[C@H]3C[C@@H]12.Cl. The number of Topliss-reactive ketones (excluding diaryl/α,β-unsaturated/α-hetero) is 4. The molecule has 0 heterocycles. The molecule has 21 heteroatoms. The number of aliphatic hydroxyl groups is 8. The molecule has 65 heavy (non-hydrogen) atoms. The lowest BCUT2D eigenvalue weighted by molar-refractivity contribution is -0.152. The quantitative estimate of drug-likeness (QED) is 0.179. The van der Waals surface area contributed by atoms with Crippen molar-refractivity contribution in [3.8, 4) is 11.5 Å². The summed E-state index contributed by atoms with van der Waals surface area (Å²) >= 11 is 0. The van der Waals surface area contributed by atoms with Crippen molar-refractivity contribution in [3.63, 3.8) is 0 Å². The largest absolute Gasteiger partial charge is 0.510 e. The van der Waals surface area contributed by atoms with Gasteiger partial charge in [-0.3, -0.25) is 38.6 Å². The van der Waals surface area contributed by atoms with Crippen LogP contribution in [0, 0.1) is 23.7 Å². The molecule has 0 saturated heterocycles. The van der Waals surface area contributed by atoms with E-state index in [4.69, 9.17) is 11.5 Å². The number of carbonyl (C=O) groups excluding carboxylic acids is 6. The molecular formula is C44H49ClN4O16. The molecular weight excluding hydrogens is 876 g/mol. The standard InChI is InChI=1S/2C22H24N2O8.ClH/c2*1-21(31)8-5-4-6-11(25)12(8)16(26)13-9(21)7-10-15(24(2)3)17(27)14(20(23)30)19(29)22(10,32)18(13)28;/h2*4-6,9-10,15,25,27-28,31-32H,7H2,1-3H3,(H2,23,30);1H/t2*9-,10-,15-,21+,22-;/m00./s1. The highest BCUT2D eigenvalue weighted by Gasteiger charge is 2.67. The van der Waals surface area contributed by atoms with Crippen LogP contribution in [0.2, 0.25) is 0 Å². The smallest absolute Gasteiger partial charge is 0.255 e. The third kappa shape index (κ3) is 6.26. The van der Waals surface area contributed by atoms with E-state index in [0.717, 1.165) is 0 Å². The molecule has 20 nitrogen and oxygen atoms in total. The van der Waals surface area contributed by atoms with Gasteiger partial charge >= 0.3 is 0 Å². The molecule has 0 spiro atoms. The zero-order valence-corrected chi connectivity index (χ0v) is 36.5. The first-order valence-corrected chi connectivity index (χ1v) is 19.9. The summed E-state index contributed by atoms with van der Waals surface area (Å²) in [7, 11) is 6.12. The number of aromatic hydroxyl groups is 2. The van der Waals surface area contributed by atoms with E-state index in [1.165, 1.54) is 88.2 Å². The minimum Gasteiger partial charge on any atom is -0.510 e. The highest BCUT2D eigenvalue weighted by Crippen LogP contribution is 2.58. The lowest BCUT2D eigenvalue weighted by Gasteiger charge is -2.52. The molecule has 2 aromatic carbocycles. The van der Waals surface area contributed by atoms with Crippen LogP contribution in [0.15, 0.2) is 81.7 Å². The van der Waals surface area contributed by atoms with Crippen LogP contribution in [-0.2, 0) is 30.4 Å². The van der Waals surface area contributed by atoms with Crippen molar-refractivity contribution in [2.24, 2.45) is 35.1 Å². The van der Waals surface area contributed by atoms with Gasteiger partial charge in [0.15, 0.2) is 22.8 Å². The van der Waals surface area contributed by atoms with Crippen LogP contribution in [0.4, 0.5) is 0 Å². The van der Waals surface area contributed by atoms with Gasteiger partial charge in [0.2, 0.25) is 11.6 Å². The van der Waals surface area contributed by atoms with Crippen LogP contribution in [0.3, 0.4) is 0 Å². The van der Waals surface area contributed by atoms with Crippen molar-refractivity contribution >= 4 is 47.4 Å². The van der Waals surface area contributed by atoms with Crippen molar-refractivity contribution in [1.29, 1.82) is 0 Å². The predicted octanol–water partition coefficient (Wildman–Crippen LogP) is -0.00700. The molecule has 2 amide bonds. The minimum atomic E-state index is -2.75. The Kier molecular flexibility index (Phi) is 11.5. The number of nitrogens with zero attached hydrogens (tertiary/aromatic N) is 2. The maximum absolute atomic E-state index is 13.3. The molecule has 348 valence electrons. The van der Waals surface area contributed by atoms with Crippen LogP contribution in [0.5, 0.6) is 11.5 Å². The van der Waals surface area contributed by atoms with Gasteiger partial charge in [0.05, 0.1) is 34.4 Å². The average molecular weight is 925 g/mol. The number of rotatable bonds is 4. The number of amides is 2. The van der Waals surface area contributed by atoms with Gasteiger partial charge in [-0.05, 0) is 78.1 Å². The Morgan fingerprint density at radius 2 is 0.892 bits per heavy atom. The maximum Gasteiger partial charge on any atom is 0.255 e. The lowest BCUT2D eigenvalue weighted by atomic mass is 9.55. The Labute approximate surface area is 376 Å². The molecule has 0 bridgehead atoms. The van der Waals surface area contributed by atoms with E-state index >= 15 is 0 Å². The maximum atomic E-state index is 13.3. The third-order valence-corrected chi connectivity index (χ3v) is 14.0. The first-order chi connectivity index (χ1) is 29.5. The van der Waals surface area contributed by atoms with E-state index in [2.05, 4.69) is 0 Å². The van der Waals surface area contributed by atoms with E-state index in [0.29, 0.717) is 0 Å². The van der Waals surface area contributed by atoms with E-state index in [9.17, 15) is 79.8 Å². The molecule has 8 rings (SSSR count). The van der Waals surface area contributed by atoms with Gasteiger partial charge in [0, 0.05) is 34.8 Å². The van der Waals surface area contributed by atoms with Gasteiger partial charge < -0.3 is 62.5 Å². The molecule has 6 aliphatic carbocycles. The summed E-state index contributed by atoms with van der Waals surface area (Å²) in [6, 6.07) is 6.10. The zero-order valence-electron chi connectivity index (χ0n) is 35.7. The fourth-order valence-corrected chi connectivity index (χ4v) is 11.0. The molecule has 10 atom stereocenters. The number of fused-ring (bicyclic) bond motifs is 6. The lowest BCUT2D eigenvalue weighted by Crippen LogP contribution is -2.65. The average Bonchev–Trinajstić information content (AvgIpc) is 3.18. The number of carbonyl (C=O) groups is 6. The van der Waals surface area contributed by atoms with Crippen LogP contribution in [0.1, 0.15) is 58.5 Å². The summed E-state index contributed by atoms with van der Waals surface area (Å²) in [6.45, 7) is 2.81. The van der Waals surface area contributed by atoms with Crippen molar-refractivity contribution in [2.75, 3.05) is 28.2 Å². The number of likely N-dealkylation sites (N-methyl/N-ethyl adjacent to an activating group) is 2. The number of primary amides is 2. The van der Waals surface area contributed by atoms with E-state index in [1.807, 2.05) is 0 Å². The third-order valence-electron chi connectivity index (χ3n) is 14.0. The van der Waals surface area contributed by atoms with Crippen LogP contribution >= 0.6 is 12.4 Å². The summed E-state index contributed by atoms with van der Waals surface area (Å²) in [5.74, 6) is -15.8. The van der Waals surface area contributed by atoms with E-state index in [1.54, 1.807) is 0 Å². The van der Waals surface area contributed by atoms with Gasteiger partial charge in [-0.25, -0.2) is 0 Å². The van der Waals surface area contributed by atoms with Crippen molar-refractivity contribution in [1.82, 2.24) is 9.80 Å². The van der Waals surface area contributed by atoms with E-state index < -0.39 is 150 Å². The number of halogens is 1. The Balaban J connectivity index is 0.000000212. The number of phenols is 2. The van der Waals surface area contributed by atoms with Crippen LogP contribution in [-0.4, -0.2) is 147 Å². The first-order valence-electron chi connectivity index (χ1n) is 19.9. The van der Waals surface area contributed by atoms with Crippen molar-refractivity contribution in [2.45, 2.75) is 61.2 Å². The van der Waals surface area contributed by atoms with Crippen molar-refractivity contribution in [3.05, 3.63) is 104 Å². The number of nitrogens with two attached hydrogens (primary N) is 2. The summed E-state index contributed by atoms with van der Waals surface area (Å²) < 4.78 is 0. The first kappa shape index (κ1) is 48.3. The summed E-state index contributed by atoms with van der Waals surface area (Å²) in [4.78, 5) is 79.7. The second-order valence-electron chi connectivity index (χ2n) is 17.9. The number of aliphatic hydroxyl groups excluding tert-OH is 4. The summed E-state index contributed by atoms with van der Waals surface area (Å²) in [5.41, 5.74) is -1.31. The molecule has 0 unspecified atom stereocenters.